The molecule has 1 saturated carbocycles. The third-order valence-corrected chi connectivity index (χ3v) is 11.1. The largest absolute Gasteiger partial charge is 0.417 e. The third-order valence-electron chi connectivity index (χ3n) is 6.51. The molecule has 2 aromatic rings. The lowest BCUT2D eigenvalue weighted by Gasteiger charge is -2.23. The van der Waals surface area contributed by atoms with E-state index in [4.69, 9.17) is 26.1 Å². The quantitative estimate of drug-likeness (QED) is 0.227. The van der Waals surface area contributed by atoms with Gasteiger partial charge in [0.15, 0.2) is 21.7 Å². The van der Waals surface area contributed by atoms with E-state index in [9.17, 15) is 36.4 Å². The van der Waals surface area contributed by atoms with Crippen LogP contribution in [0.1, 0.15) is 32.4 Å². The first-order chi connectivity index (χ1) is 17.0. The molecule has 0 spiro atoms. The number of hydrogen-bond donors (Lipinski definition) is 5. The molecule has 0 amide bonds. The lowest BCUT2D eigenvalue weighted by molar-refractivity contribution is -0.118. The predicted octanol–water partition coefficient (Wildman–Crippen LogP) is 1.18. The topological polar surface area (TPSA) is 197 Å². The van der Waals surface area contributed by atoms with Gasteiger partial charge >= 0.3 is 13.8 Å². The van der Waals surface area contributed by atoms with E-state index in [2.05, 4.69) is 27.3 Å². The summed E-state index contributed by atoms with van der Waals surface area (Å²) in [6, 6.07) is 0.0952. The molecular weight excluding hydrogens is 570 g/mol. The van der Waals surface area contributed by atoms with Crippen LogP contribution >= 0.6 is 19.2 Å². The van der Waals surface area contributed by atoms with Crippen LogP contribution in [0.15, 0.2) is 6.20 Å². The minimum atomic E-state index is -6.20. The maximum absolute atomic E-state index is 13.2. The molecule has 0 aromatic carbocycles. The van der Waals surface area contributed by atoms with Gasteiger partial charge in [0.1, 0.15) is 24.1 Å². The summed E-state index contributed by atoms with van der Waals surface area (Å²) in [4.78, 5) is 22.3. The van der Waals surface area contributed by atoms with Crippen LogP contribution in [0.3, 0.4) is 0 Å². The average Bonchev–Trinajstić information content (AvgIpc) is 3.39. The summed E-state index contributed by atoms with van der Waals surface area (Å²) in [7, 11) is -11.8. The van der Waals surface area contributed by atoms with E-state index in [0.29, 0.717) is 17.1 Å². The highest BCUT2D eigenvalue weighted by atomic mass is 35.5. The SMILES string of the molecule is CC1CCCC1Nc1nc(Cl)nc2c1cnn2[C@@H]1O[C@H](CS(=O)(=O)C(C(F)(F)F)P(=O)(O)O)[C@@H](O)[C@H]1O. The van der Waals surface area contributed by atoms with Gasteiger partial charge < -0.3 is 30.1 Å². The number of aromatic nitrogens is 4. The highest BCUT2D eigenvalue weighted by Gasteiger charge is 2.60. The number of anilines is 1. The Labute approximate surface area is 213 Å². The van der Waals surface area contributed by atoms with Crippen molar-refractivity contribution in [3.63, 3.8) is 0 Å². The Balaban J connectivity index is 1.63. The number of ether oxygens (including phenoxy) is 1. The number of aliphatic hydroxyl groups is 2. The second-order valence-electron chi connectivity index (χ2n) is 9.19. The van der Waals surface area contributed by atoms with Crippen LogP contribution in [-0.4, -0.2) is 89.4 Å². The molecule has 5 N–H and O–H groups in total. The normalized spacial score (nSPS) is 30.2. The Bertz CT molecular complexity index is 1320. The number of rotatable bonds is 7. The molecule has 37 heavy (non-hydrogen) atoms. The van der Waals surface area contributed by atoms with Crippen molar-refractivity contribution in [2.24, 2.45) is 5.92 Å². The number of alkyl halides is 3. The van der Waals surface area contributed by atoms with Gasteiger partial charge in [-0.2, -0.15) is 28.2 Å². The van der Waals surface area contributed by atoms with Crippen molar-refractivity contribution in [3.8, 4) is 0 Å². The van der Waals surface area contributed by atoms with Gasteiger partial charge in [-0.15, -0.1) is 0 Å². The van der Waals surface area contributed by atoms with Gasteiger partial charge in [0, 0.05) is 6.04 Å². The van der Waals surface area contributed by atoms with Crippen LogP contribution < -0.4 is 5.32 Å². The molecule has 19 heteroatoms. The molecule has 2 aromatic heterocycles. The van der Waals surface area contributed by atoms with Gasteiger partial charge in [-0.25, -0.2) is 13.1 Å². The summed E-state index contributed by atoms with van der Waals surface area (Å²) in [5, 5.41) is 28.4. The summed E-state index contributed by atoms with van der Waals surface area (Å²) in [6.07, 6.45) is -9.09. The van der Waals surface area contributed by atoms with E-state index in [1.54, 1.807) is 0 Å². The number of nitrogens with zero attached hydrogens (tertiary/aromatic N) is 4. The van der Waals surface area contributed by atoms with E-state index in [1.165, 1.54) is 6.20 Å². The molecule has 1 saturated heterocycles. The minimum absolute atomic E-state index is 0.0243. The average molecular weight is 594 g/mol. The zero-order valence-electron chi connectivity index (χ0n) is 19.0. The third kappa shape index (κ3) is 5.59. The lowest BCUT2D eigenvalue weighted by atomic mass is 10.1. The van der Waals surface area contributed by atoms with Crippen molar-refractivity contribution in [3.05, 3.63) is 11.5 Å². The first-order valence-electron chi connectivity index (χ1n) is 11.0. The highest BCUT2D eigenvalue weighted by molar-refractivity contribution is 7.98. The lowest BCUT2D eigenvalue weighted by Crippen LogP contribution is -2.43. The summed E-state index contributed by atoms with van der Waals surface area (Å²) < 4.78 is 82.0. The zero-order valence-corrected chi connectivity index (χ0v) is 21.5. The standard InChI is InChI=1S/C18H24ClF3N5O8PS/c1-7-3-2-4-9(7)24-13-8-5-23-27(14(8)26-17(19)25-13)15-12(29)11(28)10(35-15)6-37(33,34)16(18(20,21)22)36(30,31)32/h5,7,9-12,15-16,28-29H,2-4,6H2,1H3,(H,24,25,26)(H2,30,31,32)/t7?,9?,10-,11-,12-,15-,16?/m1/s1. The van der Waals surface area contributed by atoms with Gasteiger partial charge in [0.05, 0.1) is 17.3 Å². The monoisotopic (exact) mass is 593 g/mol. The van der Waals surface area contributed by atoms with Crippen LogP contribution in [0.5, 0.6) is 0 Å². The van der Waals surface area contributed by atoms with Gasteiger partial charge in [-0.05, 0) is 30.4 Å². The number of halogens is 4. The highest BCUT2D eigenvalue weighted by Crippen LogP contribution is 2.52. The van der Waals surface area contributed by atoms with Crippen LogP contribution in [0.2, 0.25) is 5.28 Å². The number of aliphatic hydroxyl groups excluding tert-OH is 2. The molecule has 208 valence electrons. The first kappa shape index (κ1) is 28.4. The molecule has 3 unspecified atom stereocenters. The van der Waals surface area contributed by atoms with Crippen molar-refractivity contribution in [2.75, 3.05) is 11.1 Å². The number of hydrogen-bond acceptors (Lipinski definition) is 10. The van der Waals surface area contributed by atoms with E-state index in [0.717, 1.165) is 23.9 Å². The van der Waals surface area contributed by atoms with Gasteiger partial charge in [-0.3, -0.25) is 4.57 Å². The van der Waals surface area contributed by atoms with Gasteiger partial charge in [-0.1, -0.05) is 13.3 Å². The molecule has 2 fully saturated rings. The first-order valence-corrected chi connectivity index (χ1v) is 14.8. The molecule has 3 heterocycles. The molecule has 1 aliphatic carbocycles. The number of nitrogens with one attached hydrogen (secondary N) is 1. The molecule has 1 aliphatic heterocycles. The van der Waals surface area contributed by atoms with Crippen molar-refractivity contribution in [1.29, 1.82) is 0 Å². The molecule has 4 rings (SSSR count). The smallest absolute Gasteiger partial charge is 0.387 e. The van der Waals surface area contributed by atoms with Crippen LogP contribution in [0.4, 0.5) is 19.0 Å². The second kappa shape index (κ2) is 9.86. The fourth-order valence-corrected chi connectivity index (χ4v) is 8.52. The summed E-state index contributed by atoms with van der Waals surface area (Å²) in [5.41, 5.74) is 0.0243. The maximum atomic E-state index is 13.2. The van der Waals surface area contributed by atoms with Crippen molar-refractivity contribution in [2.45, 2.75) is 67.9 Å². The Morgan fingerprint density at radius 1 is 1.27 bits per heavy atom. The Morgan fingerprint density at radius 3 is 2.51 bits per heavy atom. The molecular formula is C18H24ClF3N5O8PS. The Morgan fingerprint density at radius 2 is 1.95 bits per heavy atom. The number of fused-ring (bicyclic) bond motifs is 1. The van der Waals surface area contributed by atoms with Crippen LogP contribution in [-0.2, 0) is 19.1 Å². The Kier molecular flexibility index (Phi) is 7.57. The summed E-state index contributed by atoms with van der Waals surface area (Å²) >= 11 is 6.07. The van der Waals surface area contributed by atoms with Crippen LogP contribution in [0, 0.1) is 5.92 Å². The number of sulfone groups is 1. The second-order valence-corrected chi connectivity index (χ2v) is 13.7. The summed E-state index contributed by atoms with van der Waals surface area (Å²) in [6.45, 7) is 2.07. The van der Waals surface area contributed by atoms with Gasteiger partial charge in [0.2, 0.25) is 5.28 Å². The van der Waals surface area contributed by atoms with E-state index in [-0.39, 0.29) is 17.0 Å². The molecule has 7 atom stereocenters. The predicted molar refractivity (Wildman–Crippen MR) is 122 cm³/mol. The summed E-state index contributed by atoms with van der Waals surface area (Å²) in [5.74, 6) is -0.953. The fraction of sp³-hybridized carbons (Fsp3) is 0.722. The fourth-order valence-electron chi connectivity index (χ4n) is 4.72. The van der Waals surface area contributed by atoms with E-state index < -0.39 is 58.9 Å². The Hall–Kier alpha value is -1.59. The van der Waals surface area contributed by atoms with Crippen molar-refractivity contribution in [1.82, 2.24) is 19.7 Å². The molecule has 2 aliphatic rings. The maximum Gasteiger partial charge on any atom is 0.417 e. The minimum Gasteiger partial charge on any atom is -0.387 e. The van der Waals surface area contributed by atoms with E-state index >= 15 is 0 Å². The van der Waals surface area contributed by atoms with Gasteiger partial charge in [0.25, 0.3) is 4.99 Å². The zero-order chi connectivity index (χ0) is 27.5. The molecule has 0 radical (unpaired) electrons. The molecule has 13 nitrogen and oxygen atoms in total. The van der Waals surface area contributed by atoms with Crippen molar-refractivity contribution < 1.29 is 50.9 Å². The van der Waals surface area contributed by atoms with E-state index in [1.807, 2.05) is 0 Å². The van der Waals surface area contributed by atoms with Crippen LogP contribution in [0.25, 0.3) is 11.0 Å². The van der Waals surface area contributed by atoms with Crippen molar-refractivity contribution >= 4 is 45.9 Å². The molecule has 0 bridgehead atoms.